The van der Waals surface area contributed by atoms with E-state index in [1.165, 1.54) is 0 Å². The normalized spacial score (nSPS) is 17.0. The molecule has 0 aliphatic carbocycles. The van der Waals surface area contributed by atoms with Crippen LogP contribution in [0.2, 0.25) is 0 Å². The summed E-state index contributed by atoms with van der Waals surface area (Å²) in [6.45, 7) is 3.83. The van der Waals surface area contributed by atoms with Crippen molar-refractivity contribution < 1.29 is 9.53 Å². The smallest absolute Gasteiger partial charge is 0.313 e. The minimum Gasteiger partial charge on any atom is -0.379 e. The monoisotopic (exact) mass is 185 g/mol. The van der Waals surface area contributed by atoms with Gasteiger partial charge in [0, 0.05) is 13.1 Å². The summed E-state index contributed by atoms with van der Waals surface area (Å²) in [5.74, 6) is 0. The Balaban J connectivity index is 0.000000180. The van der Waals surface area contributed by atoms with Crippen LogP contribution in [0.15, 0.2) is 0 Å². The van der Waals surface area contributed by atoms with Gasteiger partial charge in [0.2, 0.25) is 0 Å². The molecule has 5 heteroatoms. The van der Waals surface area contributed by atoms with E-state index in [2.05, 4.69) is 28.5 Å². The van der Waals surface area contributed by atoms with E-state index in [0.29, 0.717) is 0 Å². The highest BCUT2D eigenvalue weighted by molar-refractivity contribution is 6.93. The van der Waals surface area contributed by atoms with Crippen LogP contribution in [0, 0.1) is 0 Å². The van der Waals surface area contributed by atoms with Crippen molar-refractivity contribution in [3.8, 4) is 0 Å². The summed E-state index contributed by atoms with van der Waals surface area (Å²) < 4.78 is 4.12. The molecule has 0 aromatic carbocycles. The van der Waals surface area contributed by atoms with E-state index in [0.717, 1.165) is 26.3 Å². The molecule has 0 unspecified atom stereocenters. The van der Waals surface area contributed by atoms with Gasteiger partial charge in [-0.05, 0) is 23.2 Å². The SMILES string of the molecule is C1COCCN1.O=C(Cl)Cl. The van der Waals surface area contributed by atoms with Crippen LogP contribution in [0.4, 0.5) is 4.79 Å². The number of hydrogen-bond donors (Lipinski definition) is 1. The van der Waals surface area contributed by atoms with Gasteiger partial charge in [-0.25, -0.2) is 0 Å². The Kier molecular flexibility index (Phi) is 7.40. The molecule has 1 heterocycles. The second-order valence-electron chi connectivity index (χ2n) is 1.59. The highest BCUT2D eigenvalue weighted by Crippen LogP contribution is 1.84. The van der Waals surface area contributed by atoms with E-state index >= 15 is 0 Å². The third kappa shape index (κ3) is 11.0. The first kappa shape index (κ1) is 10.2. The molecule has 0 radical (unpaired) electrons. The number of carbonyl (C=O) groups is 1. The van der Waals surface area contributed by atoms with E-state index in [4.69, 9.17) is 9.53 Å². The lowest BCUT2D eigenvalue weighted by Crippen LogP contribution is -2.30. The Morgan fingerprint density at radius 2 is 1.70 bits per heavy atom. The van der Waals surface area contributed by atoms with Gasteiger partial charge in [0.1, 0.15) is 0 Å². The van der Waals surface area contributed by atoms with Crippen molar-refractivity contribution in [1.82, 2.24) is 5.32 Å². The molecule has 1 aliphatic rings. The summed E-state index contributed by atoms with van der Waals surface area (Å²) >= 11 is 8.80. The summed E-state index contributed by atoms with van der Waals surface area (Å²) in [6.07, 6.45) is 0. The number of nitrogens with one attached hydrogen (secondary N) is 1. The predicted octanol–water partition coefficient (Wildman–Crippen LogP) is 1.19. The Bertz CT molecular complexity index is 80.1. The predicted molar refractivity (Wildman–Crippen MR) is 40.8 cm³/mol. The van der Waals surface area contributed by atoms with E-state index in [1.54, 1.807) is 0 Å². The summed E-state index contributed by atoms with van der Waals surface area (Å²) in [6, 6.07) is 0. The molecule has 0 atom stereocenters. The minimum absolute atomic E-state index is 0.889. The van der Waals surface area contributed by atoms with Crippen molar-refractivity contribution in [1.29, 1.82) is 0 Å². The lowest BCUT2D eigenvalue weighted by molar-refractivity contribution is 0.109. The molecule has 3 nitrogen and oxygen atoms in total. The van der Waals surface area contributed by atoms with Gasteiger partial charge in [-0.1, -0.05) is 0 Å². The zero-order chi connectivity index (χ0) is 7.82. The van der Waals surface area contributed by atoms with Gasteiger partial charge in [0.05, 0.1) is 13.2 Å². The molecule has 60 valence electrons. The summed E-state index contributed by atoms with van der Waals surface area (Å²) in [5.41, 5.74) is 0. The number of morpholine rings is 1. The van der Waals surface area contributed by atoms with Crippen LogP contribution >= 0.6 is 23.2 Å². The zero-order valence-corrected chi connectivity index (χ0v) is 6.91. The van der Waals surface area contributed by atoms with Gasteiger partial charge in [-0.15, -0.1) is 0 Å². The van der Waals surface area contributed by atoms with E-state index in [-0.39, 0.29) is 0 Å². The molecule has 0 aromatic heterocycles. The molecule has 0 saturated carbocycles. The summed E-state index contributed by atoms with van der Waals surface area (Å²) in [5, 5.41) is 3.16. The van der Waals surface area contributed by atoms with Crippen molar-refractivity contribution in [2.75, 3.05) is 26.3 Å². The van der Waals surface area contributed by atoms with Crippen molar-refractivity contribution >= 4 is 27.9 Å². The second-order valence-corrected chi connectivity index (χ2v) is 2.47. The van der Waals surface area contributed by atoms with Gasteiger partial charge in [-0.2, -0.15) is 0 Å². The Hall–Kier alpha value is 0.170. The summed E-state index contributed by atoms with van der Waals surface area (Å²) in [4.78, 5) is 8.98. The first-order valence-corrected chi connectivity index (χ1v) is 3.62. The molecular weight excluding hydrogens is 177 g/mol. The van der Waals surface area contributed by atoms with Crippen LogP contribution in [-0.2, 0) is 4.74 Å². The highest BCUT2D eigenvalue weighted by Gasteiger charge is 1.92. The maximum absolute atomic E-state index is 8.98. The van der Waals surface area contributed by atoms with Gasteiger partial charge in [-0.3, -0.25) is 4.79 Å². The molecule has 0 aromatic rings. The van der Waals surface area contributed by atoms with Crippen LogP contribution < -0.4 is 5.32 Å². The van der Waals surface area contributed by atoms with Gasteiger partial charge in [0.25, 0.3) is 0 Å². The van der Waals surface area contributed by atoms with Gasteiger partial charge in [0.15, 0.2) is 0 Å². The topological polar surface area (TPSA) is 38.3 Å². The highest BCUT2D eigenvalue weighted by atomic mass is 35.5. The van der Waals surface area contributed by atoms with Crippen molar-refractivity contribution in [2.45, 2.75) is 0 Å². The maximum Gasteiger partial charge on any atom is 0.313 e. The molecule has 0 spiro atoms. The third-order valence-electron chi connectivity index (χ3n) is 0.846. The van der Waals surface area contributed by atoms with Crippen molar-refractivity contribution in [3.05, 3.63) is 0 Å². The maximum atomic E-state index is 8.98. The second kappa shape index (κ2) is 7.28. The average Bonchev–Trinajstić information content (AvgIpc) is 1.90. The zero-order valence-electron chi connectivity index (χ0n) is 5.40. The number of rotatable bonds is 0. The molecule has 1 N–H and O–H groups in total. The molecule has 0 amide bonds. The largest absolute Gasteiger partial charge is 0.379 e. The Labute approximate surface area is 69.6 Å². The third-order valence-corrected chi connectivity index (χ3v) is 0.846. The molecule has 1 saturated heterocycles. The van der Waals surface area contributed by atoms with E-state index in [9.17, 15) is 0 Å². The van der Waals surface area contributed by atoms with Gasteiger partial charge >= 0.3 is 4.70 Å². The molecular formula is C5H9Cl2NO2. The molecule has 10 heavy (non-hydrogen) atoms. The first-order chi connectivity index (χ1) is 4.73. The number of carbonyl (C=O) groups excluding carboxylic acids is 1. The van der Waals surface area contributed by atoms with Gasteiger partial charge < -0.3 is 10.1 Å². The van der Waals surface area contributed by atoms with Crippen molar-refractivity contribution in [2.24, 2.45) is 0 Å². The van der Waals surface area contributed by atoms with Crippen molar-refractivity contribution in [3.63, 3.8) is 0 Å². The molecule has 0 bridgehead atoms. The van der Waals surface area contributed by atoms with E-state index < -0.39 is 4.70 Å². The fraction of sp³-hybridized carbons (Fsp3) is 0.800. The quantitative estimate of drug-likeness (QED) is 0.577. The first-order valence-electron chi connectivity index (χ1n) is 2.87. The summed E-state index contributed by atoms with van der Waals surface area (Å²) in [7, 11) is 0. The van der Waals surface area contributed by atoms with Crippen LogP contribution in [-0.4, -0.2) is 31.0 Å². The fourth-order valence-corrected chi connectivity index (χ4v) is 0.516. The fourth-order valence-electron chi connectivity index (χ4n) is 0.516. The van der Waals surface area contributed by atoms with Crippen LogP contribution in [0.3, 0.4) is 0 Å². The molecule has 1 fully saturated rings. The lowest BCUT2D eigenvalue weighted by atomic mass is 10.5. The Morgan fingerprint density at radius 3 is 1.80 bits per heavy atom. The van der Waals surface area contributed by atoms with Crippen LogP contribution in [0.25, 0.3) is 0 Å². The van der Waals surface area contributed by atoms with Crippen LogP contribution in [0.5, 0.6) is 0 Å². The Morgan fingerprint density at radius 1 is 1.30 bits per heavy atom. The number of ether oxygens (including phenoxy) is 1. The number of hydrogen-bond acceptors (Lipinski definition) is 3. The lowest BCUT2D eigenvalue weighted by Gasteiger charge is -2.10. The van der Waals surface area contributed by atoms with E-state index in [1.807, 2.05) is 0 Å². The molecule has 1 aliphatic heterocycles. The minimum atomic E-state index is -0.889. The molecule has 1 rings (SSSR count). The standard InChI is InChI=1S/C4H9NO.CCl2O/c1-3-6-4-2-5-1;2-1(3)4/h5H,1-4H2;. The average molecular weight is 186 g/mol. The van der Waals surface area contributed by atoms with Crippen LogP contribution in [0.1, 0.15) is 0 Å². The number of halogens is 2.